The van der Waals surface area contributed by atoms with Gasteiger partial charge in [0.15, 0.2) is 5.76 Å². The zero-order chi connectivity index (χ0) is 22.0. The molecule has 0 saturated heterocycles. The number of halogens is 2. The maximum atomic E-state index is 13.6. The van der Waals surface area contributed by atoms with Crippen molar-refractivity contribution >= 4 is 28.5 Å². The molecule has 4 rings (SSSR count). The number of fused-ring (bicyclic) bond motifs is 1. The van der Waals surface area contributed by atoms with Crippen molar-refractivity contribution in [3.8, 4) is 0 Å². The molecule has 0 atom stereocenters. The summed E-state index contributed by atoms with van der Waals surface area (Å²) < 4.78 is 33.0. The average molecular weight is 424 g/mol. The van der Waals surface area contributed by atoms with Crippen molar-refractivity contribution < 1.29 is 22.8 Å². The highest BCUT2D eigenvalue weighted by Gasteiger charge is 2.21. The number of amides is 2. The Morgan fingerprint density at radius 3 is 2.52 bits per heavy atom. The van der Waals surface area contributed by atoms with Gasteiger partial charge in [-0.25, -0.2) is 4.98 Å². The fraction of sp³-hybridized carbons (Fsp3) is 0.136. The van der Waals surface area contributed by atoms with Crippen LogP contribution in [0.25, 0.3) is 11.0 Å². The number of nitrogens with zero attached hydrogens (tertiary/aromatic N) is 3. The average Bonchev–Trinajstić information content (AvgIpc) is 3.41. The maximum Gasteiger partial charge on any atom is 0.320 e. The van der Waals surface area contributed by atoms with Crippen molar-refractivity contribution in [1.29, 1.82) is 0 Å². The minimum atomic E-state index is -2.78. The van der Waals surface area contributed by atoms with Crippen molar-refractivity contribution in [2.24, 2.45) is 0 Å². The molecule has 0 fully saturated rings. The highest BCUT2D eigenvalue weighted by atomic mass is 19.3. The third-order valence-electron chi connectivity index (χ3n) is 4.72. The number of carbonyl (C=O) groups excluding carboxylic acids is 2. The van der Waals surface area contributed by atoms with Gasteiger partial charge >= 0.3 is 6.55 Å². The fourth-order valence-electron chi connectivity index (χ4n) is 3.22. The van der Waals surface area contributed by atoms with Crippen molar-refractivity contribution in [3.05, 3.63) is 84.1 Å². The number of carbonyl (C=O) groups is 2. The molecule has 2 heterocycles. The first-order chi connectivity index (χ1) is 14.9. The number of alkyl halides is 2. The molecule has 0 radical (unpaired) electrons. The van der Waals surface area contributed by atoms with Gasteiger partial charge in [0.2, 0.25) is 0 Å². The summed E-state index contributed by atoms with van der Waals surface area (Å²) in [4.78, 5) is 30.4. The Kier molecular flexibility index (Phi) is 5.48. The topological polar surface area (TPSA) is 80.4 Å². The van der Waals surface area contributed by atoms with Gasteiger partial charge in [-0.15, -0.1) is 0 Å². The Labute approximate surface area is 175 Å². The molecule has 2 amide bonds. The number of aromatic nitrogens is 2. The molecule has 7 nitrogen and oxygen atoms in total. The van der Waals surface area contributed by atoms with E-state index in [1.54, 1.807) is 54.6 Å². The molecular weight excluding hydrogens is 406 g/mol. The molecule has 0 spiro atoms. The largest absolute Gasteiger partial charge is 0.459 e. The zero-order valence-electron chi connectivity index (χ0n) is 16.5. The standard InChI is InChI=1S/C22H18F2N4O3/c1-27(13-19-26-16-5-2-3-6-17(16)28(19)22(23)24)21(30)14-8-10-15(11-9-14)25-20(29)18-7-4-12-31-18/h2-12,22H,13H2,1H3,(H,25,29). The first kappa shape index (κ1) is 20.3. The Balaban J connectivity index is 1.48. The molecular formula is C22H18F2N4O3. The van der Waals surface area contributed by atoms with E-state index in [-0.39, 0.29) is 24.0 Å². The SMILES string of the molecule is CN(Cc1nc2ccccc2n1C(F)F)C(=O)c1ccc(NC(=O)c2ccco2)cc1. The molecule has 2 aromatic carbocycles. The van der Waals surface area contributed by atoms with E-state index in [9.17, 15) is 18.4 Å². The molecule has 4 aromatic rings. The van der Waals surface area contributed by atoms with Gasteiger partial charge in [-0.3, -0.25) is 14.2 Å². The number of furan rings is 1. The second kappa shape index (κ2) is 8.39. The normalized spacial score (nSPS) is 11.1. The van der Waals surface area contributed by atoms with Crippen LogP contribution in [0.1, 0.15) is 33.3 Å². The van der Waals surface area contributed by atoms with Gasteiger partial charge in [0.05, 0.1) is 23.8 Å². The lowest BCUT2D eigenvalue weighted by molar-refractivity contribution is 0.0646. The number of para-hydroxylation sites is 2. The number of rotatable bonds is 6. The molecule has 0 saturated carbocycles. The zero-order valence-corrected chi connectivity index (χ0v) is 16.5. The van der Waals surface area contributed by atoms with Crippen LogP contribution >= 0.6 is 0 Å². The first-order valence-corrected chi connectivity index (χ1v) is 9.38. The number of hydrogen-bond donors (Lipinski definition) is 1. The molecule has 1 N–H and O–H groups in total. The second-order valence-electron chi connectivity index (χ2n) is 6.83. The minimum Gasteiger partial charge on any atom is -0.459 e. The van der Waals surface area contributed by atoms with Gasteiger partial charge < -0.3 is 14.6 Å². The number of anilines is 1. The van der Waals surface area contributed by atoms with Gasteiger partial charge in [-0.2, -0.15) is 8.78 Å². The van der Waals surface area contributed by atoms with Crippen LogP contribution in [0.5, 0.6) is 0 Å². The summed E-state index contributed by atoms with van der Waals surface area (Å²) in [6.07, 6.45) is 1.40. The van der Waals surface area contributed by atoms with Crippen LogP contribution in [-0.2, 0) is 6.54 Å². The van der Waals surface area contributed by atoms with E-state index >= 15 is 0 Å². The van der Waals surface area contributed by atoms with Crippen LogP contribution in [0, 0.1) is 0 Å². The van der Waals surface area contributed by atoms with E-state index in [0.717, 1.165) is 4.57 Å². The number of hydrogen-bond acceptors (Lipinski definition) is 4. The summed E-state index contributed by atoms with van der Waals surface area (Å²) in [5.41, 5.74) is 1.58. The Morgan fingerprint density at radius 1 is 1.10 bits per heavy atom. The Morgan fingerprint density at radius 2 is 1.84 bits per heavy atom. The predicted octanol–water partition coefficient (Wildman–Crippen LogP) is 4.55. The van der Waals surface area contributed by atoms with E-state index in [1.807, 2.05) is 0 Å². The van der Waals surface area contributed by atoms with Crippen LogP contribution in [0.15, 0.2) is 71.3 Å². The Hall–Kier alpha value is -4.01. The lowest BCUT2D eigenvalue weighted by Crippen LogP contribution is -2.28. The molecule has 158 valence electrons. The summed E-state index contributed by atoms with van der Waals surface area (Å²) in [5, 5.41) is 2.66. The molecule has 0 unspecified atom stereocenters. The minimum absolute atomic E-state index is 0.0885. The van der Waals surface area contributed by atoms with Crippen molar-refractivity contribution in [3.63, 3.8) is 0 Å². The van der Waals surface area contributed by atoms with E-state index in [1.165, 1.54) is 24.3 Å². The summed E-state index contributed by atoms with van der Waals surface area (Å²) in [6, 6.07) is 16.0. The maximum absolute atomic E-state index is 13.6. The van der Waals surface area contributed by atoms with Crippen LogP contribution < -0.4 is 5.32 Å². The van der Waals surface area contributed by atoms with Crippen molar-refractivity contribution in [2.75, 3.05) is 12.4 Å². The predicted molar refractivity (Wildman–Crippen MR) is 110 cm³/mol. The lowest BCUT2D eigenvalue weighted by atomic mass is 10.2. The first-order valence-electron chi connectivity index (χ1n) is 9.38. The monoisotopic (exact) mass is 424 g/mol. The quantitative estimate of drug-likeness (QED) is 0.493. The van der Waals surface area contributed by atoms with E-state index < -0.39 is 12.5 Å². The molecule has 2 aromatic heterocycles. The highest BCUT2D eigenvalue weighted by Crippen LogP contribution is 2.24. The summed E-state index contributed by atoms with van der Waals surface area (Å²) in [5.74, 6) is -0.514. The third-order valence-corrected chi connectivity index (χ3v) is 4.72. The molecule has 31 heavy (non-hydrogen) atoms. The number of benzene rings is 2. The van der Waals surface area contributed by atoms with Gasteiger partial charge in [-0.05, 0) is 48.5 Å². The molecule has 0 bridgehead atoms. The van der Waals surface area contributed by atoms with Gasteiger partial charge in [0.25, 0.3) is 11.8 Å². The summed E-state index contributed by atoms with van der Waals surface area (Å²) >= 11 is 0. The van der Waals surface area contributed by atoms with Gasteiger partial charge in [0, 0.05) is 18.3 Å². The summed E-state index contributed by atoms with van der Waals surface area (Å²) in [7, 11) is 1.52. The highest BCUT2D eigenvalue weighted by molar-refractivity contribution is 6.02. The van der Waals surface area contributed by atoms with E-state index in [4.69, 9.17) is 4.42 Å². The van der Waals surface area contributed by atoms with Crippen LogP contribution in [0.3, 0.4) is 0 Å². The second-order valence-corrected chi connectivity index (χ2v) is 6.83. The van der Waals surface area contributed by atoms with Gasteiger partial charge in [0.1, 0.15) is 5.82 Å². The number of imidazole rings is 1. The van der Waals surface area contributed by atoms with Crippen molar-refractivity contribution in [2.45, 2.75) is 13.1 Å². The van der Waals surface area contributed by atoms with E-state index in [2.05, 4.69) is 10.3 Å². The van der Waals surface area contributed by atoms with Crippen LogP contribution in [0.4, 0.5) is 14.5 Å². The Bertz CT molecular complexity index is 1220. The molecule has 9 heteroatoms. The molecule has 0 aliphatic rings. The fourth-order valence-corrected chi connectivity index (χ4v) is 3.22. The van der Waals surface area contributed by atoms with Crippen molar-refractivity contribution in [1.82, 2.24) is 14.5 Å². The lowest BCUT2D eigenvalue weighted by Gasteiger charge is -2.18. The number of nitrogens with one attached hydrogen (secondary N) is 1. The van der Waals surface area contributed by atoms with Crippen LogP contribution in [-0.4, -0.2) is 33.3 Å². The van der Waals surface area contributed by atoms with E-state index in [0.29, 0.717) is 22.3 Å². The summed E-state index contributed by atoms with van der Waals surface area (Å²) in [6.45, 7) is -2.86. The van der Waals surface area contributed by atoms with Crippen LogP contribution in [0.2, 0.25) is 0 Å². The molecule has 0 aliphatic heterocycles. The van der Waals surface area contributed by atoms with Gasteiger partial charge in [-0.1, -0.05) is 12.1 Å². The smallest absolute Gasteiger partial charge is 0.320 e. The third kappa shape index (κ3) is 4.16. The molecule has 0 aliphatic carbocycles.